The Morgan fingerprint density at radius 1 is 0.962 bits per heavy atom. The number of rotatable bonds is 0. The summed E-state index contributed by atoms with van der Waals surface area (Å²) < 4.78 is 12.5. The Labute approximate surface area is 156 Å². The summed E-state index contributed by atoms with van der Waals surface area (Å²) in [4.78, 5) is 13.2. The highest BCUT2D eigenvalue weighted by Gasteiger charge is 2.61. The molecule has 3 heteroatoms. The van der Waals surface area contributed by atoms with Gasteiger partial charge in [-0.3, -0.25) is 4.79 Å². The first-order valence-corrected chi connectivity index (χ1v) is 11.3. The lowest BCUT2D eigenvalue weighted by atomic mass is 9.53. The van der Waals surface area contributed by atoms with Crippen LogP contribution in [0.15, 0.2) is 12.3 Å². The molecule has 142 valence electrons. The van der Waals surface area contributed by atoms with E-state index in [1.807, 2.05) is 6.26 Å². The van der Waals surface area contributed by atoms with E-state index in [1.165, 1.54) is 38.5 Å². The molecule has 2 heterocycles. The molecule has 6 rings (SSSR count). The lowest BCUT2D eigenvalue weighted by molar-refractivity contribution is -0.207. The minimum atomic E-state index is -0.336. The highest BCUT2D eigenvalue weighted by atomic mass is 16.7. The SMILES string of the molecule is O=C1CC2CCCCC2C2CCC3C4CC5(CCC=CO5)OC4CC3C12. The van der Waals surface area contributed by atoms with Gasteiger partial charge in [-0.1, -0.05) is 12.8 Å². The predicted octanol–water partition coefficient (Wildman–Crippen LogP) is 4.85. The zero-order valence-corrected chi connectivity index (χ0v) is 15.8. The van der Waals surface area contributed by atoms with Crippen LogP contribution in [0.5, 0.6) is 0 Å². The van der Waals surface area contributed by atoms with Crippen LogP contribution in [0.25, 0.3) is 0 Å². The van der Waals surface area contributed by atoms with Gasteiger partial charge in [-0.05, 0) is 80.1 Å². The average Bonchev–Trinajstić information content (AvgIpc) is 3.16. The standard InChI is InChI=1S/C23H32O3/c24-20-11-14-5-1-2-6-15(14)17-8-7-16-18(22(17)20)12-21-19(16)13-23(26-21)9-3-4-10-25-23/h4,10,14-19,21-22H,1-3,5-9,11-13H2. The fourth-order valence-electron chi connectivity index (χ4n) is 8.28. The van der Waals surface area contributed by atoms with Crippen molar-refractivity contribution in [1.82, 2.24) is 0 Å². The minimum Gasteiger partial charge on any atom is -0.470 e. The Hall–Kier alpha value is -0.830. The summed E-state index contributed by atoms with van der Waals surface area (Å²) in [7, 11) is 0. The first kappa shape index (κ1) is 16.2. The zero-order valence-electron chi connectivity index (χ0n) is 15.8. The minimum absolute atomic E-state index is 0.336. The van der Waals surface area contributed by atoms with Gasteiger partial charge in [-0.2, -0.15) is 0 Å². The van der Waals surface area contributed by atoms with Gasteiger partial charge < -0.3 is 9.47 Å². The lowest BCUT2D eigenvalue weighted by Crippen LogP contribution is -2.49. The molecule has 9 unspecified atom stereocenters. The second-order valence-corrected chi connectivity index (χ2v) is 10.2. The second-order valence-electron chi connectivity index (χ2n) is 10.2. The van der Waals surface area contributed by atoms with Crippen molar-refractivity contribution in [2.24, 2.45) is 41.4 Å². The van der Waals surface area contributed by atoms with Crippen molar-refractivity contribution in [3.05, 3.63) is 12.3 Å². The molecule has 4 aliphatic carbocycles. The molecule has 2 aliphatic heterocycles. The van der Waals surface area contributed by atoms with E-state index >= 15 is 0 Å². The maximum absolute atomic E-state index is 13.2. The molecule has 0 aromatic rings. The molecule has 0 N–H and O–H groups in total. The molecule has 9 atom stereocenters. The number of ketones is 1. The van der Waals surface area contributed by atoms with Gasteiger partial charge >= 0.3 is 0 Å². The normalized spacial score (nSPS) is 55.0. The monoisotopic (exact) mass is 356 g/mol. The summed E-state index contributed by atoms with van der Waals surface area (Å²) in [6, 6.07) is 0. The summed E-state index contributed by atoms with van der Waals surface area (Å²) in [5.41, 5.74) is 0. The number of fused-ring (bicyclic) bond motifs is 7. The van der Waals surface area contributed by atoms with Crippen molar-refractivity contribution in [1.29, 1.82) is 0 Å². The van der Waals surface area contributed by atoms with Crippen molar-refractivity contribution < 1.29 is 14.3 Å². The molecule has 4 saturated carbocycles. The highest BCUT2D eigenvalue weighted by molar-refractivity contribution is 5.83. The van der Waals surface area contributed by atoms with Crippen LogP contribution in [0.1, 0.15) is 70.6 Å². The fourth-order valence-corrected chi connectivity index (χ4v) is 8.28. The molecule has 0 amide bonds. The summed E-state index contributed by atoms with van der Waals surface area (Å²) in [5.74, 6) is 4.87. The van der Waals surface area contributed by atoms with Crippen molar-refractivity contribution in [3.8, 4) is 0 Å². The number of hydrogen-bond acceptors (Lipinski definition) is 3. The zero-order chi connectivity index (χ0) is 17.3. The second kappa shape index (κ2) is 5.83. The molecule has 0 aromatic heterocycles. The van der Waals surface area contributed by atoms with E-state index in [4.69, 9.17) is 9.47 Å². The van der Waals surface area contributed by atoms with Crippen LogP contribution in [-0.4, -0.2) is 17.7 Å². The summed E-state index contributed by atoms with van der Waals surface area (Å²) in [6.07, 6.45) is 17.5. The summed E-state index contributed by atoms with van der Waals surface area (Å²) in [6.45, 7) is 0. The Morgan fingerprint density at radius 3 is 2.73 bits per heavy atom. The fraction of sp³-hybridized carbons (Fsp3) is 0.870. The summed E-state index contributed by atoms with van der Waals surface area (Å²) >= 11 is 0. The molecule has 1 saturated heterocycles. The Kier molecular flexibility index (Phi) is 3.62. The van der Waals surface area contributed by atoms with Gasteiger partial charge in [0.05, 0.1) is 12.4 Å². The van der Waals surface area contributed by atoms with E-state index in [9.17, 15) is 4.79 Å². The molecule has 1 spiro atoms. The third kappa shape index (κ3) is 2.25. The highest BCUT2D eigenvalue weighted by Crippen LogP contribution is 2.62. The Morgan fingerprint density at radius 2 is 1.85 bits per heavy atom. The van der Waals surface area contributed by atoms with Crippen molar-refractivity contribution in [2.75, 3.05) is 0 Å². The van der Waals surface area contributed by atoms with E-state index in [0.717, 1.165) is 43.9 Å². The van der Waals surface area contributed by atoms with E-state index < -0.39 is 0 Å². The van der Waals surface area contributed by atoms with Gasteiger partial charge in [-0.25, -0.2) is 0 Å². The molecular weight excluding hydrogens is 324 g/mol. The van der Waals surface area contributed by atoms with E-state index in [-0.39, 0.29) is 5.79 Å². The maximum Gasteiger partial charge on any atom is 0.210 e. The quantitative estimate of drug-likeness (QED) is 0.622. The van der Waals surface area contributed by atoms with E-state index in [1.54, 1.807) is 0 Å². The molecule has 0 bridgehead atoms. The van der Waals surface area contributed by atoms with Crippen molar-refractivity contribution >= 4 is 5.78 Å². The molecule has 5 fully saturated rings. The van der Waals surface area contributed by atoms with Crippen LogP contribution >= 0.6 is 0 Å². The average molecular weight is 357 g/mol. The number of carbonyl (C=O) groups excluding carboxylic acids is 1. The molecule has 6 aliphatic rings. The van der Waals surface area contributed by atoms with E-state index in [2.05, 4.69) is 6.08 Å². The van der Waals surface area contributed by atoms with Gasteiger partial charge in [0.1, 0.15) is 5.78 Å². The largest absolute Gasteiger partial charge is 0.470 e. The van der Waals surface area contributed by atoms with Gasteiger partial charge in [0.15, 0.2) is 0 Å². The first-order valence-electron chi connectivity index (χ1n) is 11.3. The van der Waals surface area contributed by atoms with Gasteiger partial charge in [0.25, 0.3) is 0 Å². The van der Waals surface area contributed by atoms with Crippen molar-refractivity contribution in [3.63, 3.8) is 0 Å². The Balaban J connectivity index is 1.24. The molecule has 0 aromatic carbocycles. The predicted molar refractivity (Wildman–Crippen MR) is 98.1 cm³/mol. The number of carbonyl (C=O) groups is 1. The summed E-state index contributed by atoms with van der Waals surface area (Å²) in [5, 5.41) is 0. The first-order chi connectivity index (χ1) is 12.7. The Bertz CT molecular complexity index is 627. The molecular formula is C23H32O3. The smallest absolute Gasteiger partial charge is 0.210 e. The topological polar surface area (TPSA) is 35.5 Å². The van der Waals surface area contributed by atoms with Crippen LogP contribution < -0.4 is 0 Å². The third-order valence-corrected chi connectivity index (χ3v) is 9.17. The third-order valence-electron chi connectivity index (χ3n) is 9.17. The molecule has 26 heavy (non-hydrogen) atoms. The number of Topliss-reactive ketones (excluding diaryl/α,β-unsaturated/α-hetero) is 1. The molecule has 3 nitrogen and oxygen atoms in total. The lowest BCUT2D eigenvalue weighted by Gasteiger charge is -2.51. The van der Waals surface area contributed by atoms with Crippen LogP contribution in [0, 0.1) is 41.4 Å². The molecule has 0 radical (unpaired) electrons. The van der Waals surface area contributed by atoms with Crippen LogP contribution in [0.4, 0.5) is 0 Å². The number of ether oxygens (including phenoxy) is 2. The van der Waals surface area contributed by atoms with E-state index in [0.29, 0.717) is 41.5 Å². The van der Waals surface area contributed by atoms with Crippen LogP contribution in [0.2, 0.25) is 0 Å². The van der Waals surface area contributed by atoms with Gasteiger partial charge in [-0.15, -0.1) is 0 Å². The maximum atomic E-state index is 13.2. The van der Waals surface area contributed by atoms with Gasteiger partial charge in [0.2, 0.25) is 5.79 Å². The van der Waals surface area contributed by atoms with Crippen LogP contribution in [-0.2, 0) is 14.3 Å². The number of allylic oxidation sites excluding steroid dienone is 1. The van der Waals surface area contributed by atoms with Gasteiger partial charge in [0, 0.05) is 25.2 Å². The number of hydrogen-bond donors (Lipinski definition) is 0. The van der Waals surface area contributed by atoms with Crippen LogP contribution in [0.3, 0.4) is 0 Å². The van der Waals surface area contributed by atoms with Crippen molar-refractivity contribution in [2.45, 2.75) is 82.5 Å².